The quantitative estimate of drug-likeness (QED) is 0.672. The van der Waals surface area contributed by atoms with E-state index in [2.05, 4.69) is 0 Å². The molecule has 0 aliphatic carbocycles. The van der Waals surface area contributed by atoms with E-state index in [1.165, 1.54) is 26.4 Å². The monoisotopic (exact) mass is 328 g/mol. The number of rotatable bonds is 5. The number of methoxy groups -OCH3 is 2. The lowest BCUT2D eigenvalue weighted by Gasteiger charge is -2.06. The highest BCUT2D eigenvalue weighted by Gasteiger charge is 2.19. The van der Waals surface area contributed by atoms with Crippen LogP contribution in [0.15, 0.2) is 36.4 Å². The molecule has 0 bridgehead atoms. The Morgan fingerprint density at radius 2 is 1.92 bits per heavy atom. The average molecular weight is 328 g/mol. The summed E-state index contributed by atoms with van der Waals surface area (Å²) in [7, 11) is 2.99. The number of carbonyl (C=O) groups is 1. The van der Waals surface area contributed by atoms with Crippen LogP contribution in [-0.2, 0) is 0 Å². The molecular weight excluding hydrogens is 312 g/mol. The summed E-state index contributed by atoms with van der Waals surface area (Å²) < 4.78 is 20.9. The molecule has 0 aromatic heterocycles. The van der Waals surface area contributed by atoms with Gasteiger partial charge in [0.15, 0.2) is 28.8 Å². The van der Waals surface area contributed by atoms with Gasteiger partial charge in [-0.1, -0.05) is 6.08 Å². The predicted octanol–water partition coefficient (Wildman–Crippen LogP) is 3.03. The van der Waals surface area contributed by atoms with Crippen molar-refractivity contribution in [3.8, 4) is 28.7 Å². The van der Waals surface area contributed by atoms with Crippen LogP contribution >= 0.6 is 0 Å². The molecule has 0 spiro atoms. The van der Waals surface area contributed by atoms with Gasteiger partial charge in [0, 0.05) is 5.56 Å². The maximum Gasteiger partial charge on any atom is 0.231 e. The molecule has 0 unspecified atom stereocenters. The molecule has 6 nitrogen and oxygen atoms in total. The molecule has 1 heterocycles. The number of hydrogen-bond acceptors (Lipinski definition) is 6. The molecule has 1 aliphatic heterocycles. The molecule has 2 aromatic rings. The Bertz CT molecular complexity index is 809. The zero-order valence-corrected chi connectivity index (χ0v) is 13.2. The van der Waals surface area contributed by atoms with Crippen molar-refractivity contribution in [2.45, 2.75) is 0 Å². The minimum Gasteiger partial charge on any atom is -0.504 e. The fourth-order valence-electron chi connectivity index (χ4n) is 2.36. The molecule has 0 fully saturated rings. The number of ketones is 1. The Morgan fingerprint density at radius 1 is 1.12 bits per heavy atom. The van der Waals surface area contributed by atoms with Crippen molar-refractivity contribution in [2.24, 2.45) is 0 Å². The van der Waals surface area contributed by atoms with E-state index in [-0.39, 0.29) is 18.3 Å². The summed E-state index contributed by atoms with van der Waals surface area (Å²) in [6.45, 7) is 0.142. The first-order chi connectivity index (χ1) is 11.6. The zero-order valence-electron chi connectivity index (χ0n) is 13.2. The van der Waals surface area contributed by atoms with E-state index in [9.17, 15) is 9.90 Å². The van der Waals surface area contributed by atoms with E-state index in [0.29, 0.717) is 28.6 Å². The van der Waals surface area contributed by atoms with Gasteiger partial charge in [0.2, 0.25) is 12.5 Å². The highest BCUT2D eigenvalue weighted by Crippen LogP contribution is 2.42. The predicted molar refractivity (Wildman–Crippen MR) is 87.1 cm³/mol. The van der Waals surface area contributed by atoms with E-state index in [1.54, 1.807) is 30.3 Å². The van der Waals surface area contributed by atoms with Gasteiger partial charge in [-0.05, 0) is 42.0 Å². The smallest absolute Gasteiger partial charge is 0.231 e. The summed E-state index contributed by atoms with van der Waals surface area (Å²) in [5, 5.41) is 9.75. The van der Waals surface area contributed by atoms with Gasteiger partial charge < -0.3 is 24.1 Å². The number of benzene rings is 2. The van der Waals surface area contributed by atoms with Gasteiger partial charge in [-0.2, -0.15) is 0 Å². The van der Waals surface area contributed by atoms with Crippen LogP contribution in [0, 0.1) is 0 Å². The molecule has 1 N–H and O–H groups in total. The summed E-state index contributed by atoms with van der Waals surface area (Å²) in [4.78, 5) is 12.2. The number of phenols is 1. The van der Waals surface area contributed by atoms with E-state index < -0.39 is 0 Å². The molecule has 6 heteroatoms. The minimum atomic E-state index is -0.246. The molecule has 0 radical (unpaired) electrons. The maximum absolute atomic E-state index is 12.2. The van der Waals surface area contributed by atoms with Crippen LogP contribution in [0.5, 0.6) is 28.7 Å². The SMILES string of the molecule is COc1ccc(C(=O)C=Cc2cc(OC)c3c(c2)OCO3)cc1O. The van der Waals surface area contributed by atoms with Crippen molar-refractivity contribution in [3.05, 3.63) is 47.5 Å². The second kappa shape index (κ2) is 6.54. The topological polar surface area (TPSA) is 74.2 Å². The fourth-order valence-corrected chi connectivity index (χ4v) is 2.36. The number of aromatic hydroxyl groups is 1. The number of carbonyl (C=O) groups excluding carboxylic acids is 1. The number of hydrogen-bond donors (Lipinski definition) is 1. The van der Waals surface area contributed by atoms with Crippen LogP contribution in [-0.4, -0.2) is 31.9 Å². The van der Waals surface area contributed by atoms with Crippen molar-refractivity contribution in [1.82, 2.24) is 0 Å². The first-order valence-electron chi connectivity index (χ1n) is 7.19. The van der Waals surface area contributed by atoms with E-state index in [4.69, 9.17) is 18.9 Å². The fraction of sp³-hybridized carbons (Fsp3) is 0.167. The number of phenolic OH excluding ortho intramolecular Hbond substituents is 1. The Balaban J connectivity index is 1.83. The van der Waals surface area contributed by atoms with Crippen molar-refractivity contribution in [2.75, 3.05) is 21.0 Å². The van der Waals surface area contributed by atoms with Crippen molar-refractivity contribution in [1.29, 1.82) is 0 Å². The van der Waals surface area contributed by atoms with Gasteiger partial charge in [0.05, 0.1) is 14.2 Å². The van der Waals surface area contributed by atoms with Crippen LogP contribution in [0.25, 0.3) is 6.08 Å². The summed E-state index contributed by atoms with van der Waals surface area (Å²) in [6.07, 6.45) is 3.06. The third-order valence-corrected chi connectivity index (χ3v) is 3.57. The molecule has 24 heavy (non-hydrogen) atoms. The number of allylic oxidation sites excluding steroid dienone is 1. The van der Waals surface area contributed by atoms with Gasteiger partial charge in [-0.3, -0.25) is 4.79 Å². The average Bonchev–Trinajstić information content (AvgIpc) is 3.07. The van der Waals surface area contributed by atoms with E-state index in [0.717, 1.165) is 5.56 Å². The highest BCUT2D eigenvalue weighted by atomic mass is 16.7. The minimum absolute atomic E-state index is 0.0819. The molecule has 2 aromatic carbocycles. The van der Waals surface area contributed by atoms with Crippen LogP contribution in [0.2, 0.25) is 0 Å². The summed E-state index contributed by atoms with van der Waals surface area (Å²) >= 11 is 0. The van der Waals surface area contributed by atoms with E-state index >= 15 is 0 Å². The molecule has 3 rings (SSSR count). The van der Waals surface area contributed by atoms with Crippen LogP contribution < -0.4 is 18.9 Å². The Morgan fingerprint density at radius 3 is 2.62 bits per heavy atom. The Kier molecular flexibility index (Phi) is 4.29. The molecule has 124 valence electrons. The second-order valence-electron chi connectivity index (χ2n) is 5.04. The lowest BCUT2D eigenvalue weighted by molar-refractivity contribution is 0.104. The molecule has 0 saturated carbocycles. The van der Waals surface area contributed by atoms with Gasteiger partial charge >= 0.3 is 0 Å². The second-order valence-corrected chi connectivity index (χ2v) is 5.04. The standard InChI is InChI=1S/C18H16O6/c1-21-15-6-4-12(9-14(15)20)13(19)5-3-11-7-16(22-2)18-17(8-11)23-10-24-18/h3-9,20H,10H2,1-2H3. The lowest BCUT2D eigenvalue weighted by Crippen LogP contribution is -1.95. The Labute approximate surface area is 138 Å². The van der Waals surface area contributed by atoms with Crippen LogP contribution in [0.3, 0.4) is 0 Å². The third-order valence-electron chi connectivity index (χ3n) is 3.57. The first kappa shape index (κ1) is 15.7. The summed E-state index contributed by atoms with van der Waals surface area (Å²) in [5.74, 6) is 1.66. The van der Waals surface area contributed by atoms with Gasteiger partial charge in [0.25, 0.3) is 0 Å². The number of fused-ring (bicyclic) bond motifs is 1. The van der Waals surface area contributed by atoms with E-state index in [1.807, 2.05) is 0 Å². The van der Waals surface area contributed by atoms with Crippen molar-refractivity contribution in [3.63, 3.8) is 0 Å². The van der Waals surface area contributed by atoms with Gasteiger partial charge in [-0.25, -0.2) is 0 Å². The largest absolute Gasteiger partial charge is 0.504 e. The van der Waals surface area contributed by atoms with Gasteiger partial charge in [0.1, 0.15) is 0 Å². The van der Waals surface area contributed by atoms with Crippen LogP contribution in [0.1, 0.15) is 15.9 Å². The molecule has 0 atom stereocenters. The summed E-state index contributed by atoms with van der Waals surface area (Å²) in [6, 6.07) is 8.01. The van der Waals surface area contributed by atoms with Crippen molar-refractivity contribution < 1.29 is 28.8 Å². The first-order valence-corrected chi connectivity index (χ1v) is 7.19. The van der Waals surface area contributed by atoms with Crippen LogP contribution in [0.4, 0.5) is 0 Å². The molecule has 0 amide bonds. The Hall–Kier alpha value is -3.15. The molecule has 0 saturated heterocycles. The summed E-state index contributed by atoms with van der Waals surface area (Å²) in [5.41, 5.74) is 1.10. The zero-order chi connectivity index (χ0) is 17.1. The lowest BCUT2D eigenvalue weighted by atomic mass is 10.1. The number of ether oxygens (including phenoxy) is 4. The molecular formula is C18H16O6. The normalized spacial score (nSPS) is 12.4. The third kappa shape index (κ3) is 2.99. The highest BCUT2D eigenvalue weighted by molar-refractivity contribution is 6.07. The van der Waals surface area contributed by atoms with Gasteiger partial charge in [-0.15, -0.1) is 0 Å². The molecule has 1 aliphatic rings. The maximum atomic E-state index is 12.2. The van der Waals surface area contributed by atoms with Crippen molar-refractivity contribution >= 4 is 11.9 Å².